The topological polar surface area (TPSA) is 77.8 Å². The van der Waals surface area contributed by atoms with Gasteiger partial charge >= 0.3 is 0 Å². The highest BCUT2D eigenvalue weighted by atomic mass is 16.1. The summed E-state index contributed by atoms with van der Waals surface area (Å²) in [5.41, 5.74) is 0.531. The zero-order valence-electron chi connectivity index (χ0n) is 10.0. The monoisotopic (exact) mass is 232 g/mol. The normalized spacial score (nSPS) is 9.76. The third-order valence-corrected chi connectivity index (χ3v) is 2.15. The van der Waals surface area contributed by atoms with Gasteiger partial charge in [0.25, 0.3) is 0 Å². The van der Waals surface area contributed by atoms with E-state index < -0.39 is 0 Å². The van der Waals surface area contributed by atoms with E-state index >= 15 is 0 Å². The lowest BCUT2D eigenvalue weighted by Crippen LogP contribution is -2.31. The molecule has 5 nitrogen and oxygen atoms in total. The van der Waals surface area contributed by atoms with E-state index in [4.69, 9.17) is 5.26 Å². The average molecular weight is 232 g/mol. The second kappa shape index (κ2) is 6.48. The van der Waals surface area contributed by atoms with E-state index in [9.17, 15) is 4.79 Å². The van der Waals surface area contributed by atoms with Crippen LogP contribution in [0.1, 0.15) is 19.4 Å². The van der Waals surface area contributed by atoms with Gasteiger partial charge in [-0.05, 0) is 12.1 Å². The van der Waals surface area contributed by atoms with Gasteiger partial charge in [-0.2, -0.15) is 5.26 Å². The highest BCUT2D eigenvalue weighted by Gasteiger charge is 2.04. The lowest BCUT2D eigenvalue weighted by Gasteiger charge is -2.08. The molecule has 1 amide bonds. The molecule has 0 unspecified atom stereocenters. The molecular formula is C12H16N4O. The van der Waals surface area contributed by atoms with E-state index in [1.807, 2.05) is 19.9 Å². The molecule has 1 aromatic heterocycles. The van der Waals surface area contributed by atoms with Crippen LogP contribution in [-0.4, -0.2) is 24.0 Å². The maximum absolute atomic E-state index is 11.2. The van der Waals surface area contributed by atoms with Crippen LogP contribution in [0, 0.1) is 17.2 Å². The summed E-state index contributed by atoms with van der Waals surface area (Å²) in [5.74, 6) is 0.741. The van der Waals surface area contributed by atoms with Gasteiger partial charge in [-0.1, -0.05) is 13.8 Å². The smallest absolute Gasteiger partial charge is 0.222 e. The Bertz CT molecular complexity index is 406. The van der Waals surface area contributed by atoms with Crippen molar-refractivity contribution in [3.05, 3.63) is 23.9 Å². The number of rotatable bonds is 5. The zero-order valence-corrected chi connectivity index (χ0v) is 10.0. The van der Waals surface area contributed by atoms with E-state index in [-0.39, 0.29) is 11.8 Å². The molecule has 17 heavy (non-hydrogen) atoms. The van der Waals surface area contributed by atoms with Crippen molar-refractivity contribution in [1.82, 2.24) is 10.3 Å². The number of anilines is 1. The fraction of sp³-hybridized carbons (Fsp3) is 0.417. The first-order valence-corrected chi connectivity index (χ1v) is 5.51. The van der Waals surface area contributed by atoms with Crippen LogP contribution in [0.25, 0.3) is 0 Å². The summed E-state index contributed by atoms with van der Waals surface area (Å²) < 4.78 is 0. The number of carbonyl (C=O) groups excluding carboxylic acids is 1. The fourth-order valence-corrected chi connectivity index (χ4v) is 1.14. The molecule has 0 radical (unpaired) electrons. The van der Waals surface area contributed by atoms with Gasteiger partial charge in [0.1, 0.15) is 11.9 Å². The Morgan fingerprint density at radius 2 is 2.24 bits per heavy atom. The van der Waals surface area contributed by atoms with Gasteiger partial charge < -0.3 is 10.6 Å². The summed E-state index contributed by atoms with van der Waals surface area (Å²) in [6.07, 6.45) is 1.51. The molecule has 2 N–H and O–H groups in total. The van der Waals surface area contributed by atoms with Gasteiger partial charge in [0.2, 0.25) is 5.91 Å². The molecule has 0 saturated carbocycles. The molecule has 0 bridgehead atoms. The zero-order chi connectivity index (χ0) is 12.7. The number of aromatic nitrogens is 1. The van der Waals surface area contributed by atoms with Crippen molar-refractivity contribution in [2.45, 2.75) is 13.8 Å². The molecule has 0 aliphatic carbocycles. The summed E-state index contributed by atoms with van der Waals surface area (Å²) in [4.78, 5) is 15.3. The first kappa shape index (κ1) is 13.0. The van der Waals surface area contributed by atoms with Crippen molar-refractivity contribution in [3.63, 3.8) is 0 Å². The highest BCUT2D eigenvalue weighted by Crippen LogP contribution is 2.02. The Hall–Kier alpha value is -2.09. The highest BCUT2D eigenvalue weighted by molar-refractivity contribution is 5.77. The van der Waals surface area contributed by atoms with Crippen LogP contribution in [0.5, 0.6) is 0 Å². The molecule has 0 aliphatic heterocycles. The predicted molar refractivity (Wildman–Crippen MR) is 65.3 cm³/mol. The van der Waals surface area contributed by atoms with Crippen molar-refractivity contribution in [3.8, 4) is 6.07 Å². The number of hydrogen-bond acceptors (Lipinski definition) is 4. The van der Waals surface area contributed by atoms with Crippen LogP contribution in [0.3, 0.4) is 0 Å². The maximum atomic E-state index is 11.2. The maximum Gasteiger partial charge on any atom is 0.222 e. The van der Waals surface area contributed by atoms with E-state index in [1.165, 1.54) is 6.20 Å². The Labute approximate surface area is 101 Å². The van der Waals surface area contributed by atoms with E-state index in [0.717, 1.165) is 0 Å². The van der Waals surface area contributed by atoms with Crippen molar-refractivity contribution in [1.29, 1.82) is 5.26 Å². The van der Waals surface area contributed by atoms with Crippen molar-refractivity contribution < 1.29 is 4.79 Å². The molecule has 0 atom stereocenters. The molecule has 0 fully saturated rings. The molecule has 90 valence electrons. The molecule has 1 aromatic rings. The predicted octanol–water partition coefficient (Wildman–Crippen LogP) is 1.14. The van der Waals surface area contributed by atoms with Crippen molar-refractivity contribution in [2.24, 2.45) is 5.92 Å². The first-order valence-electron chi connectivity index (χ1n) is 5.51. The molecule has 0 saturated heterocycles. The van der Waals surface area contributed by atoms with Gasteiger partial charge in [-0.15, -0.1) is 0 Å². The van der Waals surface area contributed by atoms with Crippen LogP contribution in [-0.2, 0) is 4.79 Å². The Balaban J connectivity index is 2.27. The number of nitriles is 1. The van der Waals surface area contributed by atoms with E-state index in [2.05, 4.69) is 15.6 Å². The molecule has 1 heterocycles. The third kappa shape index (κ3) is 4.51. The first-order chi connectivity index (χ1) is 8.13. The van der Waals surface area contributed by atoms with Gasteiger partial charge in [-0.25, -0.2) is 4.98 Å². The van der Waals surface area contributed by atoms with Crippen molar-refractivity contribution >= 4 is 11.7 Å². The van der Waals surface area contributed by atoms with Gasteiger partial charge in [0.05, 0.1) is 5.56 Å². The summed E-state index contributed by atoms with van der Waals surface area (Å²) in [5, 5.41) is 14.4. The van der Waals surface area contributed by atoms with Crippen LogP contribution >= 0.6 is 0 Å². The number of hydrogen-bond donors (Lipinski definition) is 2. The van der Waals surface area contributed by atoms with Gasteiger partial charge in [0, 0.05) is 25.2 Å². The SMILES string of the molecule is CC(C)C(=O)NCCNc1ccc(C#N)cn1. The minimum Gasteiger partial charge on any atom is -0.368 e. The van der Waals surface area contributed by atoms with Gasteiger partial charge in [-0.3, -0.25) is 4.79 Å². The largest absolute Gasteiger partial charge is 0.368 e. The molecular weight excluding hydrogens is 216 g/mol. The number of carbonyl (C=O) groups is 1. The number of amides is 1. The summed E-state index contributed by atoms with van der Waals surface area (Å²) in [7, 11) is 0. The van der Waals surface area contributed by atoms with E-state index in [1.54, 1.807) is 12.1 Å². The number of nitrogens with one attached hydrogen (secondary N) is 2. The van der Waals surface area contributed by atoms with Crippen LogP contribution in [0.2, 0.25) is 0 Å². The Kier molecular flexibility index (Phi) is 4.95. The molecule has 0 aromatic carbocycles. The molecule has 5 heteroatoms. The number of pyridine rings is 1. The minimum absolute atomic E-state index is 0.00281. The molecule has 0 spiro atoms. The van der Waals surface area contributed by atoms with Crippen LogP contribution in [0.4, 0.5) is 5.82 Å². The van der Waals surface area contributed by atoms with Gasteiger partial charge in [0.15, 0.2) is 0 Å². The summed E-state index contributed by atoms with van der Waals surface area (Å²) in [6.45, 7) is 4.87. The summed E-state index contributed by atoms with van der Waals surface area (Å²) in [6, 6.07) is 5.44. The fourth-order valence-electron chi connectivity index (χ4n) is 1.14. The Morgan fingerprint density at radius 1 is 1.47 bits per heavy atom. The van der Waals surface area contributed by atoms with E-state index in [0.29, 0.717) is 24.5 Å². The molecule has 0 aliphatic rings. The second-order valence-electron chi connectivity index (χ2n) is 3.92. The lowest BCUT2D eigenvalue weighted by molar-refractivity contribution is -0.123. The lowest BCUT2D eigenvalue weighted by atomic mass is 10.2. The van der Waals surface area contributed by atoms with Crippen LogP contribution in [0.15, 0.2) is 18.3 Å². The average Bonchev–Trinajstić information content (AvgIpc) is 2.35. The minimum atomic E-state index is 0.00281. The Morgan fingerprint density at radius 3 is 2.76 bits per heavy atom. The molecule has 1 rings (SSSR count). The van der Waals surface area contributed by atoms with Crippen molar-refractivity contribution in [2.75, 3.05) is 18.4 Å². The van der Waals surface area contributed by atoms with Crippen LogP contribution < -0.4 is 10.6 Å². The third-order valence-electron chi connectivity index (χ3n) is 2.15. The summed E-state index contributed by atoms with van der Waals surface area (Å²) >= 11 is 0. The number of nitrogens with zero attached hydrogens (tertiary/aromatic N) is 2. The standard InChI is InChI=1S/C12H16N4O/c1-9(2)12(17)15-6-5-14-11-4-3-10(7-13)8-16-11/h3-4,8-9H,5-6H2,1-2H3,(H,14,16)(H,15,17). The quantitative estimate of drug-likeness (QED) is 0.746. The second-order valence-corrected chi connectivity index (χ2v) is 3.92.